The Hall–Kier alpha value is -0.610. The molecule has 2 fully saturated rings. The fraction of sp³-hybridized carbons (Fsp3) is 0.929. The van der Waals surface area contributed by atoms with Crippen molar-refractivity contribution < 1.29 is 9.53 Å². The molecule has 4 heteroatoms. The van der Waals surface area contributed by atoms with Crippen LogP contribution in [0.2, 0.25) is 0 Å². The average molecular weight is 254 g/mol. The molecule has 1 aliphatic carbocycles. The predicted octanol–water partition coefficient (Wildman–Crippen LogP) is 1.59. The van der Waals surface area contributed by atoms with E-state index in [1.54, 1.807) is 0 Å². The highest BCUT2D eigenvalue weighted by Crippen LogP contribution is 2.22. The number of nitrogens with one attached hydrogen (secondary N) is 2. The minimum Gasteiger partial charge on any atom is -0.364 e. The molecule has 1 aliphatic heterocycles. The number of carbonyl (C=O) groups excluding carboxylic acids is 1. The molecule has 0 aromatic heterocycles. The van der Waals surface area contributed by atoms with Gasteiger partial charge in [-0.3, -0.25) is 4.79 Å². The second-order valence-corrected chi connectivity index (χ2v) is 5.76. The highest BCUT2D eigenvalue weighted by Gasteiger charge is 2.31. The number of ether oxygens (including phenoxy) is 1. The maximum absolute atomic E-state index is 11.9. The highest BCUT2D eigenvalue weighted by molar-refractivity contribution is 5.80. The summed E-state index contributed by atoms with van der Waals surface area (Å²) in [5.74, 6) is 0.0472. The van der Waals surface area contributed by atoms with Crippen LogP contribution >= 0.6 is 0 Å². The van der Waals surface area contributed by atoms with E-state index in [1.165, 1.54) is 0 Å². The Bertz CT molecular complexity index is 292. The lowest BCUT2D eigenvalue weighted by Crippen LogP contribution is -2.52. The van der Waals surface area contributed by atoms with Crippen molar-refractivity contribution in [2.45, 2.75) is 83.2 Å². The Labute approximate surface area is 110 Å². The topological polar surface area (TPSA) is 50.4 Å². The lowest BCUT2D eigenvalue weighted by atomic mass is 9.94. The van der Waals surface area contributed by atoms with Crippen molar-refractivity contribution in [2.75, 3.05) is 0 Å². The first-order valence-electron chi connectivity index (χ1n) is 7.32. The monoisotopic (exact) mass is 254 g/mol. The Kier molecular flexibility index (Phi) is 4.62. The first-order chi connectivity index (χ1) is 8.60. The quantitative estimate of drug-likeness (QED) is 0.783. The van der Waals surface area contributed by atoms with E-state index in [1.807, 2.05) is 6.92 Å². The summed E-state index contributed by atoms with van der Waals surface area (Å²) in [6, 6.07) is 1.35. The molecule has 4 atom stereocenters. The zero-order valence-corrected chi connectivity index (χ0v) is 11.7. The zero-order valence-electron chi connectivity index (χ0n) is 11.7. The lowest BCUT2D eigenvalue weighted by molar-refractivity contribution is -0.138. The molecule has 1 saturated carbocycles. The Morgan fingerprint density at radius 1 is 1.39 bits per heavy atom. The molecule has 2 aliphatic rings. The van der Waals surface area contributed by atoms with E-state index in [4.69, 9.17) is 4.74 Å². The molecule has 0 aromatic rings. The lowest BCUT2D eigenvalue weighted by Gasteiger charge is -2.36. The summed E-state index contributed by atoms with van der Waals surface area (Å²) >= 11 is 0. The molecule has 2 rings (SSSR count). The van der Waals surface area contributed by atoms with Crippen molar-refractivity contribution in [1.29, 1.82) is 0 Å². The number of hydrogen-bond donors (Lipinski definition) is 2. The van der Waals surface area contributed by atoms with Gasteiger partial charge < -0.3 is 15.4 Å². The molecule has 0 radical (unpaired) electrons. The van der Waals surface area contributed by atoms with Crippen LogP contribution in [0.15, 0.2) is 0 Å². The van der Waals surface area contributed by atoms with Crippen LogP contribution in [0.3, 0.4) is 0 Å². The van der Waals surface area contributed by atoms with Crippen LogP contribution in [-0.4, -0.2) is 36.2 Å². The molecular weight excluding hydrogens is 228 g/mol. The van der Waals surface area contributed by atoms with Gasteiger partial charge in [-0.25, -0.2) is 0 Å². The molecule has 4 unspecified atom stereocenters. The zero-order chi connectivity index (χ0) is 13.1. The number of rotatable bonds is 5. The van der Waals surface area contributed by atoms with E-state index in [2.05, 4.69) is 24.5 Å². The SMILES string of the molecule is CCC1NC(C)CCC1OC(C)C(=O)NC1CC1. The van der Waals surface area contributed by atoms with Gasteiger partial charge in [-0.05, 0) is 46.0 Å². The van der Waals surface area contributed by atoms with Crippen molar-refractivity contribution in [3.63, 3.8) is 0 Å². The third-order valence-electron chi connectivity index (χ3n) is 3.94. The minimum atomic E-state index is -0.333. The molecule has 0 bridgehead atoms. The van der Waals surface area contributed by atoms with Crippen LogP contribution in [0.5, 0.6) is 0 Å². The van der Waals surface area contributed by atoms with E-state index in [-0.39, 0.29) is 18.1 Å². The summed E-state index contributed by atoms with van der Waals surface area (Å²) in [5.41, 5.74) is 0. The Balaban J connectivity index is 1.80. The van der Waals surface area contributed by atoms with Crippen molar-refractivity contribution >= 4 is 5.91 Å². The van der Waals surface area contributed by atoms with Crippen LogP contribution in [-0.2, 0) is 9.53 Å². The summed E-state index contributed by atoms with van der Waals surface area (Å²) < 4.78 is 5.96. The van der Waals surface area contributed by atoms with Crippen LogP contribution in [0, 0.1) is 0 Å². The van der Waals surface area contributed by atoms with Gasteiger partial charge in [0.2, 0.25) is 5.91 Å². The van der Waals surface area contributed by atoms with Gasteiger partial charge in [0.25, 0.3) is 0 Å². The molecule has 1 saturated heterocycles. The van der Waals surface area contributed by atoms with Crippen LogP contribution in [0.4, 0.5) is 0 Å². The first-order valence-corrected chi connectivity index (χ1v) is 7.32. The summed E-state index contributed by atoms with van der Waals surface area (Å²) in [6.07, 6.45) is 5.31. The molecule has 1 heterocycles. The molecule has 4 nitrogen and oxygen atoms in total. The van der Waals surface area contributed by atoms with Gasteiger partial charge in [0.15, 0.2) is 0 Å². The first kappa shape index (κ1) is 13.8. The van der Waals surface area contributed by atoms with Crippen LogP contribution in [0.1, 0.15) is 52.9 Å². The average Bonchev–Trinajstić information content (AvgIpc) is 3.15. The third kappa shape index (κ3) is 3.69. The Morgan fingerprint density at radius 2 is 2.11 bits per heavy atom. The summed E-state index contributed by atoms with van der Waals surface area (Å²) in [7, 11) is 0. The molecule has 0 spiro atoms. The van der Waals surface area contributed by atoms with Crippen molar-refractivity contribution in [1.82, 2.24) is 10.6 Å². The number of hydrogen-bond acceptors (Lipinski definition) is 3. The van der Waals surface area contributed by atoms with Gasteiger partial charge >= 0.3 is 0 Å². The van der Waals surface area contributed by atoms with Crippen molar-refractivity contribution in [3.05, 3.63) is 0 Å². The fourth-order valence-corrected chi connectivity index (χ4v) is 2.59. The molecule has 18 heavy (non-hydrogen) atoms. The van der Waals surface area contributed by atoms with Crippen LogP contribution in [0.25, 0.3) is 0 Å². The number of amides is 1. The second-order valence-electron chi connectivity index (χ2n) is 5.76. The fourth-order valence-electron chi connectivity index (χ4n) is 2.59. The highest BCUT2D eigenvalue weighted by atomic mass is 16.5. The normalized spacial score (nSPS) is 34.1. The van der Waals surface area contributed by atoms with E-state index in [0.29, 0.717) is 18.1 Å². The van der Waals surface area contributed by atoms with E-state index < -0.39 is 0 Å². The van der Waals surface area contributed by atoms with Gasteiger partial charge in [0.1, 0.15) is 6.10 Å². The van der Waals surface area contributed by atoms with Gasteiger partial charge in [-0.2, -0.15) is 0 Å². The maximum Gasteiger partial charge on any atom is 0.249 e. The van der Waals surface area contributed by atoms with Gasteiger partial charge in [-0.1, -0.05) is 6.92 Å². The van der Waals surface area contributed by atoms with Crippen LogP contribution < -0.4 is 10.6 Å². The summed E-state index contributed by atoms with van der Waals surface area (Å²) in [6.45, 7) is 6.24. The molecule has 104 valence electrons. The van der Waals surface area contributed by atoms with Gasteiger partial charge in [0.05, 0.1) is 6.10 Å². The largest absolute Gasteiger partial charge is 0.364 e. The maximum atomic E-state index is 11.9. The molecule has 0 aromatic carbocycles. The van der Waals surface area contributed by atoms with E-state index in [0.717, 1.165) is 32.1 Å². The predicted molar refractivity (Wildman–Crippen MR) is 71.4 cm³/mol. The van der Waals surface area contributed by atoms with Gasteiger partial charge in [0, 0.05) is 18.1 Å². The van der Waals surface area contributed by atoms with Gasteiger partial charge in [-0.15, -0.1) is 0 Å². The van der Waals surface area contributed by atoms with Crippen molar-refractivity contribution in [2.24, 2.45) is 0 Å². The number of carbonyl (C=O) groups is 1. The van der Waals surface area contributed by atoms with E-state index >= 15 is 0 Å². The van der Waals surface area contributed by atoms with E-state index in [9.17, 15) is 4.79 Å². The standard InChI is InChI=1S/C14H26N2O2/c1-4-12-13(8-5-9(2)15-12)18-10(3)14(17)16-11-6-7-11/h9-13,15H,4-8H2,1-3H3,(H,16,17). The summed E-state index contributed by atoms with van der Waals surface area (Å²) in [4.78, 5) is 11.9. The smallest absolute Gasteiger partial charge is 0.249 e. The molecular formula is C14H26N2O2. The summed E-state index contributed by atoms with van der Waals surface area (Å²) in [5, 5.41) is 6.56. The Morgan fingerprint density at radius 3 is 2.72 bits per heavy atom. The second kappa shape index (κ2) is 6.02. The van der Waals surface area contributed by atoms with Crippen molar-refractivity contribution in [3.8, 4) is 0 Å². The molecule has 2 N–H and O–H groups in total. The third-order valence-corrected chi connectivity index (χ3v) is 3.94. The minimum absolute atomic E-state index is 0.0472. The molecule has 1 amide bonds. The number of piperidine rings is 1.